The van der Waals surface area contributed by atoms with Crippen LogP contribution in [0.3, 0.4) is 0 Å². The fraction of sp³-hybridized carbons (Fsp3) is 0. The van der Waals surface area contributed by atoms with Crippen molar-refractivity contribution in [2.24, 2.45) is 20.0 Å². The molecule has 3 aliphatic heterocycles. The molecule has 2 aromatic rings. The molecule has 0 aliphatic carbocycles. The van der Waals surface area contributed by atoms with Crippen LogP contribution < -0.4 is 0 Å². The third-order valence-electron chi connectivity index (χ3n) is 3.80. The molecule has 0 unspecified atom stereocenters. The van der Waals surface area contributed by atoms with Crippen LogP contribution in [0.4, 0.5) is 0 Å². The smallest absolute Gasteiger partial charge is 0.239 e. The molecule has 23 heavy (non-hydrogen) atoms. The minimum Gasteiger partial charge on any atom is -0.367 e. The molecule has 2 N–H and O–H groups in total. The first kappa shape index (κ1) is 12.1. The number of H-pyrrole nitrogens is 2. The summed E-state index contributed by atoms with van der Waals surface area (Å²) in [7, 11) is 0. The second-order valence-corrected chi connectivity index (χ2v) is 5.22. The highest BCUT2D eigenvalue weighted by atomic mass is 15.4. The highest BCUT2D eigenvalue weighted by Crippen LogP contribution is 2.29. The zero-order valence-electron chi connectivity index (χ0n) is 11.9. The topological polar surface area (TPSA) is 84.3 Å². The molecule has 0 saturated carbocycles. The molecule has 0 fully saturated rings. The number of hydrogen-bond donors (Lipinski definition) is 2. The number of aliphatic imine (C=N–C) groups is 4. The largest absolute Gasteiger partial charge is 0.367 e. The maximum atomic E-state index is 4.61. The SMILES string of the molecule is C1=NC2=NC(c3cc[nH]c3)=CC3=CC(c4cc[nH]c4)=NC(=N1)N32. The summed E-state index contributed by atoms with van der Waals surface area (Å²) >= 11 is 0. The molecule has 3 aliphatic rings. The molecule has 0 radical (unpaired) electrons. The first-order valence-corrected chi connectivity index (χ1v) is 7.16. The lowest BCUT2D eigenvalue weighted by atomic mass is 10.1. The number of nitrogens with zero attached hydrogens (tertiary/aromatic N) is 5. The number of allylic oxidation sites excluding steroid dienone is 2. The standard InChI is InChI=1S/C16H11N7/c1-3-17-7-10(1)13-5-12-6-14(11-2-4-18-8-11)22-16-20-9-19-15(21-13)23(12)16/h1-9,17-18H. The zero-order chi connectivity index (χ0) is 15.2. The molecule has 110 valence electrons. The molecule has 0 aromatic carbocycles. The lowest BCUT2D eigenvalue weighted by Gasteiger charge is -2.31. The summed E-state index contributed by atoms with van der Waals surface area (Å²) in [5.41, 5.74) is 4.70. The van der Waals surface area contributed by atoms with Crippen molar-refractivity contribution in [3.63, 3.8) is 0 Å². The number of guanidine groups is 2. The molecule has 0 spiro atoms. The third kappa shape index (κ3) is 1.83. The molecular formula is C16H11N7. The molecule has 2 aromatic heterocycles. The van der Waals surface area contributed by atoms with Gasteiger partial charge in [0.25, 0.3) is 0 Å². The fourth-order valence-corrected chi connectivity index (χ4v) is 2.72. The minimum absolute atomic E-state index is 0.580. The van der Waals surface area contributed by atoms with Crippen molar-refractivity contribution < 1.29 is 0 Å². The number of rotatable bonds is 2. The van der Waals surface area contributed by atoms with Gasteiger partial charge >= 0.3 is 0 Å². The van der Waals surface area contributed by atoms with Crippen molar-refractivity contribution in [1.29, 1.82) is 0 Å². The summed E-state index contributed by atoms with van der Waals surface area (Å²) in [6.07, 6.45) is 13.1. The van der Waals surface area contributed by atoms with E-state index in [1.165, 1.54) is 6.34 Å². The van der Waals surface area contributed by atoms with E-state index in [2.05, 4.69) is 29.9 Å². The first-order valence-electron chi connectivity index (χ1n) is 7.16. The van der Waals surface area contributed by atoms with Gasteiger partial charge < -0.3 is 9.97 Å². The Hall–Kier alpha value is -3.48. The van der Waals surface area contributed by atoms with E-state index >= 15 is 0 Å². The summed E-state index contributed by atoms with van der Waals surface area (Å²) in [5.74, 6) is 1.16. The third-order valence-corrected chi connectivity index (χ3v) is 3.80. The molecule has 5 rings (SSSR count). The molecule has 5 heterocycles. The Labute approximate surface area is 131 Å². The summed E-state index contributed by atoms with van der Waals surface area (Å²) < 4.78 is 0. The van der Waals surface area contributed by atoms with Crippen LogP contribution in [0, 0.1) is 0 Å². The van der Waals surface area contributed by atoms with Gasteiger partial charge in [0.1, 0.15) is 6.34 Å². The summed E-state index contributed by atoms with van der Waals surface area (Å²) in [5, 5.41) is 0. The second-order valence-electron chi connectivity index (χ2n) is 5.22. The summed E-state index contributed by atoms with van der Waals surface area (Å²) in [4.78, 5) is 25.7. The predicted octanol–water partition coefficient (Wildman–Crippen LogP) is 2.14. The number of aromatic nitrogens is 2. The van der Waals surface area contributed by atoms with Crippen LogP contribution in [-0.4, -0.2) is 38.8 Å². The quantitative estimate of drug-likeness (QED) is 0.875. The van der Waals surface area contributed by atoms with Crippen molar-refractivity contribution in [1.82, 2.24) is 14.9 Å². The van der Waals surface area contributed by atoms with Crippen LogP contribution in [0.5, 0.6) is 0 Å². The Morgan fingerprint density at radius 2 is 1.70 bits per heavy atom. The van der Waals surface area contributed by atoms with E-state index in [1.54, 1.807) is 0 Å². The fourth-order valence-electron chi connectivity index (χ4n) is 2.72. The first-order chi connectivity index (χ1) is 11.4. The monoisotopic (exact) mass is 301 g/mol. The van der Waals surface area contributed by atoms with E-state index in [1.807, 2.05) is 54.0 Å². The van der Waals surface area contributed by atoms with Crippen molar-refractivity contribution in [3.05, 3.63) is 65.9 Å². The Bertz CT molecular complexity index is 916. The van der Waals surface area contributed by atoms with E-state index < -0.39 is 0 Å². The summed E-state index contributed by atoms with van der Waals surface area (Å²) in [6.45, 7) is 0. The second kappa shape index (κ2) is 4.51. The van der Waals surface area contributed by atoms with E-state index in [0.717, 1.165) is 28.2 Å². The number of hydrogen-bond acceptors (Lipinski definition) is 5. The van der Waals surface area contributed by atoms with Gasteiger partial charge in [0, 0.05) is 35.9 Å². The molecule has 0 amide bonds. The van der Waals surface area contributed by atoms with Crippen LogP contribution in [0.15, 0.2) is 74.7 Å². The van der Waals surface area contributed by atoms with Crippen LogP contribution in [0.2, 0.25) is 0 Å². The maximum absolute atomic E-state index is 4.61. The lowest BCUT2D eigenvalue weighted by molar-refractivity contribution is 0.738. The van der Waals surface area contributed by atoms with Gasteiger partial charge in [-0.15, -0.1) is 0 Å². The van der Waals surface area contributed by atoms with Gasteiger partial charge in [-0.05, 0) is 24.3 Å². The normalized spacial score (nSPS) is 18.6. The highest BCUT2D eigenvalue weighted by Gasteiger charge is 2.30. The van der Waals surface area contributed by atoms with Gasteiger partial charge in [-0.2, -0.15) is 0 Å². The Kier molecular flexibility index (Phi) is 2.37. The van der Waals surface area contributed by atoms with Crippen LogP contribution in [0.1, 0.15) is 11.1 Å². The molecule has 0 atom stereocenters. The van der Waals surface area contributed by atoms with E-state index in [-0.39, 0.29) is 0 Å². The predicted molar refractivity (Wildman–Crippen MR) is 89.4 cm³/mol. The van der Waals surface area contributed by atoms with Crippen LogP contribution >= 0.6 is 0 Å². The van der Waals surface area contributed by atoms with Gasteiger partial charge in [0.05, 0.1) is 17.1 Å². The minimum atomic E-state index is 0.580. The maximum Gasteiger partial charge on any atom is 0.239 e. The van der Waals surface area contributed by atoms with E-state index in [0.29, 0.717) is 11.9 Å². The number of aromatic amines is 2. The van der Waals surface area contributed by atoms with Crippen LogP contribution in [-0.2, 0) is 0 Å². The van der Waals surface area contributed by atoms with Crippen molar-refractivity contribution in [2.45, 2.75) is 0 Å². The molecule has 7 heteroatoms. The van der Waals surface area contributed by atoms with E-state index in [9.17, 15) is 0 Å². The lowest BCUT2D eigenvalue weighted by Crippen LogP contribution is -2.40. The van der Waals surface area contributed by atoms with Gasteiger partial charge in [-0.25, -0.2) is 24.9 Å². The molecule has 0 bridgehead atoms. The van der Waals surface area contributed by atoms with Crippen molar-refractivity contribution >= 4 is 29.7 Å². The van der Waals surface area contributed by atoms with Gasteiger partial charge in [0.2, 0.25) is 11.9 Å². The Morgan fingerprint density at radius 1 is 0.870 bits per heavy atom. The van der Waals surface area contributed by atoms with Gasteiger partial charge in [-0.3, -0.25) is 0 Å². The molecule has 0 saturated heterocycles. The molecular weight excluding hydrogens is 290 g/mol. The van der Waals surface area contributed by atoms with E-state index in [4.69, 9.17) is 0 Å². The van der Waals surface area contributed by atoms with Gasteiger partial charge in [0.15, 0.2) is 0 Å². The van der Waals surface area contributed by atoms with Crippen molar-refractivity contribution in [2.75, 3.05) is 0 Å². The average Bonchev–Trinajstić information content (AvgIpc) is 3.28. The average molecular weight is 301 g/mol. The van der Waals surface area contributed by atoms with Crippen molar-refractivity contribution in [3.8, 4) is 0 Å². The van der Waals surface area contributed by atoms with Gasteiger partial charge in [-0.1, -0.05) is 0 Å². The zero-order valence-corrected chi connectivity index (χ0v) is 11.9. The summed E-state index contributed by atoms with van der Waals surface area (Å²) in [6, 6.07) is 3.97. The molecule has 7 nitrogen and oxygen atoms in total. The Morgan fingerprint density at radius 3 is 2.48 bits per heavy atom. The highest BCUT2D eigenvalue weighted by molar-refractivity contribution is 6.22. The number of nitrogens with one attached hydrogen (secondary N) is 2. The Balaban J connectivity index is 1.68. The van der Waals surface area contributed by atoms with Crippen LogP contribution in [0.25, 0.3) is 5.70 Å².